The van der Waals surface area contributed by atoms with E-state index in [1.165, 1.54) is 6.07 Å². The van der Waals surface area contributed by atoms with Gasteiger partial charge in [0.2, 0.25) is 5.91 Å². The maximum atomic E-state index is 12.0. The first kappa shape index (κ1) is 17.2. The van der Waals surface area contributed by atoms with Gasteiger partial charge >= 0.3 is 0 Å². The fourth-order valence-corrected chi connectivity index (χ4v) is 1.81. The van der Waals surface area contributed by atoms with Gasteiger partial charge in [-0.15, -0.1) is 0 Å². The molecule has 0 bridgehead atoms. The molecule has 0 saturated heterocycles. The number of nitrogens with zero attached hydrogens (tertiary/aromatic N) is 1. The Bertz CT molecular complexity index is 508. The summed E-state index contributed by atoms with van der Waals surface area (Å²) in [6.07, 6.45) is 1.12. The molecular weight excluding hydrogens is 292 g/mol. The number of pyridine rings is 1. The van der Waals surface area contributed by atoms with Crippen molar-refractivity contribution >= 4 is 29.2 Å². The highest BCUT2D eigenvalue weighted by molar-refractivity contribution is 6.29. The molecule has 116 valence electrons. The zero-order valence-corrected chi connectivity index (χ0v) is 13.3. The van der Waals surface area contributed by atoms with Crippen LogP contribution in [0, 0.1) is 0 Å². The zero-order valence-electron chi connectivity index (χ0n) is 12.5. The first-order valence-electron chi connectivity index (χ1n) is 6.89. The highest BCUT2D eigenvalue weighted by Gasteiger charge is 2.10. The van der Waals surface area contributed by atoms with E-state index in [0.717, 1.165) is 6.42 Å². The maximum Gasteiger partial charge on any atom is 0.251 e. The number of carbonyl (C=O) groups is 2. The maximum absolute atomic E-state index is 12.0. The summed E-state index contributed by atoms with van der Waals surface area (Å²) in [4.78, 5) is 27.5. The summed E-state index contributed by atoms with van der Waals surface area (Å²) in [5.74, 6) is 0.155. The van der Waals surface area contributed by atoms with Crippen molar-refractivity contribution in [1.82, 2.24) is 15.6 Å². The van der Waals surface area contributed by atoms with Gasteiger partial charge in [0.25, 0.3) is 5.91 Å². The van der Waals surface area contributed by atoms with E-state index in [1.54, 1.807) is 13.1 Å². The van der Waals surface area contributed by atoms with Crippen LogP contribution in [-0.2, 0) is 4.79 Å². The van der Waals surface area contributed by atoms with Gasteiger partial charge in [0, 0.05) is 31.6 Å². The average Bonchev–Trinajstić information content (AvgIpc) is 2.46. The smallest absolute Gasteiger partial charge is 0.251 e. The summed E-state index contributed by atoms with van der Waals surface area (Å²) < 4.78 is 0. The predicted molar refractivity (Wildman–Crippen MR) is 83.6 cm³/mol. The van der Waals surface area contributed by atoms with Gasteiger partial charge in [-0.2, -0.15) is 0 Å². The van der Waals surface area contributed by atoms with Crippen LogP contribution >= 0.6 is 11.6 Å². The molecule has 1 atom stereocenters. The summed E-state index contributed by atoms with van der Waals surface area (Å²) in [5.41, 5.74) is 0.404. The van der Waals surface area contributed by atoms with Gasteiger partial charge in [-0.3, -0.25) is 9.59 Å². The number of halogens is 1. The van der Waals surface area contributed by atoms with E-state index in [4.69, 9.17) is 11.6 Å². The van der Waals surface area contributed by atoms with Crippen LogP contribution in [0.25, 0.3) is 0 Å². The number of hydrogen-bond acceptors (Lipinski definition) is 4. The van der Waals surface area contributed by atoms with Crippen molar-refractivity contribution < 1.29 is 9.59 Å². The highest BCUT2D eigenvalue weighted by atomic mass is 35.5. The lowest BCUT2D eigenvalue weighted by molar-refractivity contribution is -0.121. The van der Waals surface area contributed by atoms with Gasteiger partial charge in [0.1, 0.15) is 11.0 Å². The number of nitrogens with one attached hydrogen (secondary N) is 3. The second-order valence-corrected chi connectivity index (χ2v) is 5.08. The molecule has 3 N–H and O–H groups in total. The van der Waals surface area contributed by atoms with Crippen LogP contribution in [0.5, 0.6) is 0 Å². The summed E-state index contributed by atoms with van der Waals surface area (Å²) in [5, 5.41) is 8.59. The summed E-state index contributed by atoms with van der Waals surface area (Å²) in [6, 6.07) is 3.22. The first-order valence-corrected chi connectivity index (χ1v) is 7.27. The molecule has 0 fully saturated rings. The van der Waals surface area contributed by atoms with Gasteiger partial charge in [-0.05, 0) is 25.5 Å². The standard InChI is InChI=1S/C14H21ClN4O2/c1-4-9(2)18-13(20)5-6-17-14(21)10-7-11(15)19-12(8-10)16-3/h7-9H,4-6H2,1-3H3,(H,16,19)(H,17,21)(H,18,20). The van der Waals surface area contributed by atoms with Gasteiger partial charge in [-0.25, -0.2) is 4.98 Å². The number of rotatable bonds is 7. The molecule has 7 heteroatoms. The minimum Gasteiger partial charge on any atom is -0.373 e. The molecule has 1 aromatic rings. The van der Waals surface area contributed by atoms with Crippen LogP contribution in [0.15, 0.2) is 12.1 Å². The van der Waals surface area contributed by atoms with Crippen LogP contribution in [-0.4, -0.2) is 36.4 Å². The van der Waals surface area contributed by atoms with Crippen molar-refractivity contribution in [2.45, 2.75) is 32.7 Å². The van der Waals surface area contributed by atoms with Crippen LogP contribution in [0.4, 0.5) is 5.82 Å². The summed E-state index contributed by atoms with van der Waals surface area (Å²) in [7, 11) is 1.69. The zero-order chi connectivity index (χ0) is 15.8. The predicted octanol–water partition coefficient (Wildman–Crippen LogP) is 1.81. The van der Waals surface area contributed by atoms with Crippen LogP contribution in [0.2, 0.25) is 5.15 Å². The second-order valence-electron chi connectivity index (χ2n) is 4.70. The van der Waals surface area contributed by atoms with Gasteiger partial charge in [0.15, 0.2) is 0 Å². The Balaban J connectivity index is 2.47. The minimum absolute atomic E-state index is 0.0756. The molecule has 1 rings (SSSR count). The lowest BCUT2D eigenvalue weighted by Gasteiger charge is -2.11. The van der Waals surface area contributed by atoms with Crippen LogP contribution < -0.4 is 16.0 Å². The number of amides is 2. The molecule has 6 nitrogen and oxygen atoms in total. The molecule has 1 heterocycles. The summed E-state index contributed by atoms with van der Waals surface area (Å²) in [6.45, 7) is 4.21. The fourth-order valence-electron chi connectivity index (χ4n) is 1.60. The number of carbonyl (C=O) groups excluding carboxylic acids is 2. The Labute approximate surface area is 129 Å². The number of hydrogen-bond donors (Lipinski definition) is 3. The molecule has 1 aromatic heterocycles. The lowest BCUT2D eigenvalue weighted by atomic mass is 10.2. The van der Waals surface area contributed by atoms with E-state index < -0.39 is 0 Å². The molecule has 1 unspecified atom stereocenters. The number of aromatic nitrogens is 1. The quantitative estimate of drug-likeness (QED) is 0.671. The topological polar surface area (TPSA) is 83.1 Å². The van der Waals surface area contributed by atoms with Crippen molar-refractivity contribution in [3.8, 4) is 0 Å². The Morgan fingerprint density at radius 1 is 1.38 bits per heavy atom. The van der Waals surface area contributed by atoms with Crippen LogP contribution in [0.3, 0.4) is 0 Å². The summed E-state index contributed by atoms with van der Waals surface area (Å²) >= 11 is 5.84. The molecule has 0 radical (unpaired) electrons. The van der Waals surface area contributed by atoms with E-state index in [9.17, 15) is 9.59 Å². The molecule has 0 aromatic carbocycles. The van der Waals surface area contributed by atoms with Gasteiger partial charge in [-0.1, -0.05) is 18.5 Å². The SMILES string of the molecule is CCC(C)NC(=O)CCNC(=O)c1cc(Cl)nc(NC)c1. The van der Waals surface area contributed by atoms with Gasteiger partial charge < -0.3 is 16.0 Å². The van der Waals surface area contributed by atoms with Crippen molar-refractivity contribution in [3.63, 3.8) is 0 Å². The Kier molecular flexibility index (Phi) is 6.94. The number of anilines is 1. The Morgan fingerprint density at radius 2 is 2.10 bits per heavy atom. The van der Waals surface area contributed by atoms with Crippen molar-refractivity contribution in [2.24, 2.45) is 0 Å². The third kappa shape index (κ3) is 5.99. The third-order valence-electron chi connectivity index (χ3n) is 2.97. The lowest BCUT2D eigenvalue weighted by Crippen LogP contribution is -2.35. The van der Waals surface area contributed by atoms with Crippen LogP contribution in [0.1, 0.15) is 37.0 Å². The fraction of sp³-hybridized carbons (Fsp3) is 0.500. The molecule has 0 aliphatic heterocycles. The van der Waals surface area contributed by atoms with Crippen molar-refractivity contribution in [3.05, 3.63) is 22.8 Å². The van der Waals surface area contributed by atoms with E-state index >= 15 is 0 Å². The third-order valence-corrected chi connectivity index (χ3v) is 3.16. The normalized spacial score (nSPS) is 11.6. The molecule has 0 saturated carbocycles. The van der Waals surface area contributed by atoms with E-state index in [0.29, 0.717) is 11.4 Å². The molecule has 0 aliphatic rings. The largest absolute Gasteiger partial charge is 0.373 e. The Morgan fingerprint density at radius 3 is 2.71 bits per heavy atom. The van der Waals surface area contributed by atoms with Gasteiger partial charge in [0.05, 0.1) is 0 Å². The minimum atomic E-state index is -0.285. The molecular formula is C14H21ClN4O2. The molecule has 0 aliphatic carbocycles. The monoisotopic (exact) mass is 312 g/mol. The molecule has 21 heavy (non-hydrogen) atoms. The molecule has 0 spiro atoms. The molecule has 2 amide bonds. The van der Waals surface area contributed by atoms with E-state index in [1.807, 2.05) is 13.8 Å². The first-order chi connectivity index (χ1) is 9.96. The van der Waals surface area contributed by atoms with E-state index in [-0.39, 0.29) is 36.0 Å². The second kappa shape index (κ2) is 8.46. The van der Waals surface area contributed by atoms with Crippen molar-refractivity contribution in [1.29, 1.82) is 0 Å². The average molecular weight is 313 g/mol. The Hall–Kier alpha value is -1.82. The van der Waals surface area contributed by atoms with Crippen molar-refractivity contribution in [2.75, 3.05) is 18.9 Å². The van der Waals surface area contributed by atoms with E-state index in [2.05, 4.69) is 20.9 Å². The highest BCUT2D eigenvalue weighted by Crippen LogP contribution is 2.13.